The minimum Gasteiger partial charge on any atom is -0.294 e. The van der Waals surface area contributed by atoms with E-state index in [0.717, 1.165) is 21.9 Å². The minimum atomic E-state index is -0.396. The van der Waals surface area contributed by atoms with Gasteiger partial charge in [0, 0.05) is 35.0 Å². The molecular formula is C12H9N3O2S. The Morgan fingerprint density at radius 2 is 2.28 bits per heavy atom. The lowest BCUT2D eigenvalue weighted by Crippen LogP contribution is -1.88. The van der Waals surface area contributed by atoms with E-state index in [1.54, 1.807) is 23.5 Å². The Labute approximate surface area is 106 Å². The highest BCUT2D eigenvalue weighted by Crippen LogP contribution is 2.25. The van der Waals surface area contributed by atoms with Crippen LogP contribution in [0, 0.1) is 17.0 Å². The summed E-state index contributed by atoms with van der Waals surface area (Å²) in [5.74, 6) is 0. The van der Waals surface area contributed by atoms with Crippen molar-refractivity contribution in [2.45, 2.75) is 6.92 Å². The van der Waals surface area contributed by atoms with Gasteiger partial charge in [-0.1, -0.05) is 12.1 Å². The normalized spacial score (nSPS) is 10.9. The number of imidazole rings is 1. The highest BCUT2D eigenvalue weighted by molar-refractivity contribution is 7.15. The van der Waals surface area contributed by atoms with Crippen LogP contribution < -0.4 is 0 Å². The summed E-state index contributed by atoms with van der Waals surface area (Å²) in [6.45, 7) is 2.00. The molecule has 0 saturated carbocycles. The molecule has 2 aromatic heterocycles. The average Bonchev–Trinajstić information content (AvgIpc) is 2.92. The van der Waals surface area contributed by atoms with Crippen molar-refractivity contribution < 1.29 is 4.92 Å². The third-order valence-electron chi connectivity index (χ3n) is 2.74. The van der Waals surface area contributed by atoms with Gasteiger partial charge in [-0.3, -0.25) is 14.5 Å². The number of nitro groups is 1. The van der Waals surface area contributed by atoms with Gasteiger partial charge in [-0.2, -0.15) is 0 Å². The van der Waals surface area contributed by atoms with Crippen LogP contribution in [0.4, 0.5) is 5.69 Å². The highest BCUT2D eigenvalue weighted by atomic mass is 32.1. The first-order valence-corrected chi connectivity index (χ1v) is 6.21. The largest absolute Gasteiger partial charge is 0.294 e. The van der Waals surface area contributed by atoms with Gasteiger partial charge in [-0.25, -0.2) is 4.98 Å². The predicted octanol–water partition coefficient (Wildman–Crippen LogP) is 3.28. The SMILES string of the molecule is Cc1csc2nc(-c3cccc([N+](=O)[O-])c3)cn12. The van der Waals surface area contributed by atoms with Crippen LogP contribution in [-0.4, -0.2) is 14.3 Å². The molecule has 0 aliphatic heterocycles. The molecule has 0 bridgehead atoms. The second kappa shape index (κ2) is 3.92. The van der Waals surface area contributed by atoms with Gasteiger partial charge in [-0.05, 0) is 6.92 Å². The zero-order valence-corrected chi connectivity index (χ0v) is 10.3. The van der Waals surface area contributed by atoms with E-state index < -0.39 is 4.92 Å². The van der Waals surface area contributed by atoms with E-state index in [4.69, 9.17) is 0 Å². The standard InChI is InChI=1S/C12H9N3O2S/c1-8-7-18-12-13-11(6-14(8)12)9-3-2-4-10(5-9)15(16)17/h2-7H,1H3. The van der Waals surface area contributed by atoms with Crippen molar-refractivity contribution in [2.24, 2.45) is 0 Å². The van der Waals surface area contributed by atoms with Crippen molar-refractivity contribution in [3.05, 3.63) is 51.7 Å². The Morgan fingerprint density at radius 1 is 1.44 bits per heavy atom. The topological polar surface area (TPSA) is 60.4 Å². The fourth-order valence-electron chi connectivity index (χ4n) is 1.81. The number of aryl methyl sites for hydroxylation is 1. The molecule has 0 spiro atoms. The van der Waals surface area contributed by atoms with Crippen LogP contribution in [0.5, 0.6) is 0 Å². The van der Waals surface area contributed by atoms with Crippen molar-refractivity contribution >= 4 is 22.0 Å². The average molecular weight is 259 g/mol. The van der Waals surface area contributed by atoms with Gasteiger partial charge in [0.05, 0.1) is 10.6 Å². The number of nitrogens with zero attached hydrogens (tertiary/aromatic N) is 3. The van der Waals surface area contributed by atoms with Crippen LogP contribution >= 0.6 is 11.3 Å². The number of nitro benzene ring substituents is 1. The zero-order chi connectivity index (χ0) is 12.7. The number of hydrogen-bond donors (Lipinski definition) is 0. The Hall–Kier alpha value is -2.21. The van der Waals surface area contributed by atoms with Crippen molar-refractivity contribution in [1.82, 2.24) is 9.38 Å². The van der Waals surface area contributed by atoms with Crippen molar-refractivity contribution in [3.8, 4) is 11.3 Å². The number of benzene rings is 1. The Bertz CT molecular complexity index is 745. The van der Waals surface area contributed by atoms with Crippen molar-refractivity contribution in [2.75, 3.05) is 0 Å². The van der Waals surface area contributed by atoms with Gasteiger partial charge in [0.15, 0.2) is 4.96 Å². The van der Waals surface area contributed by atoms with Crippen LogP contribution in [0.15, 0.2) is 35.8 Å². The van der Waals surface area contributed by atoms with Gasteiger partial charge in [0.1, 0.15) is 0 Å². The number of aromatic nitrogens is 2. The van der Waals surface area contributed by atoms with E-state index in [1.165, 1.54) is 6.07 Å². The summed E-state index contributed by atoms with van der Waals surface area (Å²) in [7, 11) is 0. The van der Waals surface area contributed by atoms with E-state index in [9.17, 15) is 10.1 Å². The molecule has 90 valence electrons. The third kappa shape index (κ3) is 1.67. The van der Waals surface area contributed by atoms with Gasteiger partial charge in [-0.15, -0.1) is 11.3 Å². The number of rotatable bonds is 2. The molecule has 0 amide bonds. The van der Waals surface area contributed by atoms with E-state index in [1.807, 2.05) is 29.0 Å². The molecule has 0 fully saturated rings. The molecular weight excluding hydrogens is 250 g/mol. The molecule has 3 aromatic rings. The summed E-state index contributed by atoms with van der Waals surface area (Å²) in [5, 5.41) is 12.8. The molecule has 5 nitrogen and oxygen atoms in total. The summed E-state index contributed by atoms with van der Waals surface area (Å²) >= 11 is 1.56. The number of hydrogen-bond acceptors (Lipinski definition) is 4. The molecule has 0 radical (unpaired) electrons. The smallest absolute Gasteiger partial charge is 0.270 e. The molecule has 0 atom stereocenters. The van der Waals surface area contributed by atoms with Crippen LogP contribution in [0.25, 0.3) is 16.2 Å². The molecule has 0 aliphatic rings. The number of non-ortho nitro benzene ring substituents is 1. The lowest BCUT2D eigenvalue weighted by Gasteiger charge is -1.96. The van der Waals surface area contributed by atoms with Crippen LogP contribution in [-0.2, 0) is 0 Å². The Kier molecular flexibility index (Phi) is 2.38. The number of thiazole rings is 1. The van der Waals surface area contributed by atoms with E-state index >= 15 is 0 Å². The van der Waals surface area contributed by atoms with Gasteiger partial charge in [0.2, 0.25) is 0 Å². The lowest BCUT2D eigenvalue weighted by atomic mass is 10.1. The van der Waals surface area contributed by atoms with E-state index in [-0.39, 0.29) is 5.69 Å². The van der Waals surface area contributed by atoms with E-state index in [0.29, 0.717) is 0 Å². The maximum absolute atomic E-state index is 10.7. The first-order valence-electron chi connectivity index (χ1n) is 5.33. The summed E-state index contributed by atoms with van der Waals surface area (Å²) in [6.07, 6.45) is 1.90. The van der Waals surface area contributed by atoms with Crippen molar-refractivity contribution in [3.63, 3.8) is 0 Å². The maximum atomic E-state index is 10.7. The highest BCUT2D eigenvalue weighted by Gasteiger charge is 2.11. The molecule has 0 aliphatic carbocycles. The second-order valence-electron chi connectivity index (χ2n) is 3.96. The van der Waals surface area contributed by atoms with Crippen molar-refractivity contribution in [1.29, 1.82) is 0 Å². The quantitative estimate of drug-likeness (QED) is 0.524. The summed E-state index contributed by atoms with van der Waals surface area (Å²) in [5.41, 5.74) is 2.72. The molecule has 0 saturated heterocycles. The molecule has 2 heterocycles. The molecule has 1 aromatic carbocycles. The third-order valence-corrected chi connectivity index (χ3v) is 3.70. The number of fused-ring (bicyclic) bond motifs is 1. The molecule has 0 unspecified atom stereocenters. The van der Waals surface area contributed by atoms with Crippen LogP contribution in [0.2, 0.25) is 0 Å². The monoisotopic (exact) mass is 259 g/mol. The van der Waals surface area contributed by atoms with Crippen LogP contribution in [0.3, 0.4) is 0 Å². The van der Waals surface area contributed by atoms with E-state index in [2.05, 4.69) is 4.98 Å². The molecule has 3 rings (SSSR count). The first kappa shape index (κ1) is 10.9. The Balaban J connectivity index is 2.13. The summed E-state index contributed by atoms with van der Waals surface area (Å²) in [4.78, 5) is 15.7. The summed E-state index contributed by atoms with van der Waals surface area (Å²) in [6, 6.07) is 6.53. The molecule has 0 N–H and O–H groups in total. The van der Waals surface area contributed by atoms with Gasteiger partial charge in [0.25, 0.3) is 5.69 Å². The predicted molar refractivity (Wildman–Crippen MR) is 69.9 cm³/mol. The fourth-order valence-corrected chi connectivity index (χ4v) is 2.66. The van der Waals surface area contributed by atoms with Gasteiger partial charge < -0.3 is 0 Å². The Morgan fingerprint density at radius 3 is 3.00 bits per heavy atom. The zero-order valence-electron chi connectivity index (χ0n) is 9.53. The fraction of sp³-hybridized carbons (Fsp3) is 0.0833. The second-order valence-corrected chi connectivity index (χ2v) is 4.80. The molecule has 6 heteroatoms. The summed E-state index contributed by atoms with van der Waals surface area (Å²) < 4.78 is 1.98. The van der Waals surface area contributed by atoms with Crippen LogP contribution in [0.1, 0.15) is 5.69 Å². The van der Waals surface area contributed by atoms with Gasteiger partial charge >= 0.3 is 0 Å². The lowest BCUT2D eigenvalue weighted by molar-refractivity contribution is -0.384. The maximum Gasteiger partial charge on any atom is 0.270 e. The molecule has 18 heavy (non-hydrogen) atoms. The minimum absolute atomic E-state index is 0.0839. The first-order chi connectivity index (χ1) is 8.65.